The van der Waals surface area contributed by atoms with Gasteiger partial charge in [-0.05, 0) is 48.5 Å². The molecule has 0 radical (unpaired) electrons. The highest BCUT2D eigenvalue weighted by Crippen LogP contribution is 2.23. The number of nitrogens with zero attached hydrogens (tertiary/aromatic N) is 1. The van der Waals surface area contributed by atoms with Crippen molar-refractivity contribution >= 4 is 16.3 Å². The molecule has 0 unspecified atom stereocenters. The Morgan fingerprint density at radius 3 is 2.46 bits per heavy atom. The maximum atomic E-state index is 12.3. The standard InChI is InChI=1S/C17H14N2O4S/c20-12-15-6-9-17(23-15)13-4-7-16(8-5-13)24(21,22)19-11-14-3-1-2-10-18-14/h1-10,12,19H,11H2. The molecule has 1 aromatic carbocycles. The van der Waals surface area contributed by atoms with Crippen LogP contribution < -0.4 is 4.72 Å². The maximum Gasteiger partial charge on any atom is 0.240 e. The van der Waals surface area contributed by atoms with Gasteiger partial charge in [-0.1, -0.05) is 6.07 Å². The molecule has 6 nitrogen and oxygen atoms in total. The van der Waals surface area contributed by atoms with E-state index in [9.17, 15) is 13.2 Å². The predicted octanol–water partition coefficient (Wildman–Crippen LogP) is 2.63. The van der Waals surface area contributed by atoms with E-state index in [1.54, 1.807) is 48.7 Å². The maximum absolute atomic E-state index is 12.3. The lowest BCUT2D eigenvalue weighted by Crippen LogP contribution is -2.23. The summed E-state index contributed by atoms with van der Waals surface area (Å²) < 4.78 is 32.4. The Balaban J connectivity index is 1.75. The molecule has 0 saturated carbocycles. The second-order valence-corrected chi connectivity index (χ2v) is 6.76. The smallest absolute Gasteiger partial charge is 0.240 e. The molecule has 3 aromatic rings. The van der Waals surface area contributed by atoms with Gasteiger partial charge >= 0.3 is 0 Å². The number of carbonyl (C=O) groups excluding carboxylic acids is 1. The number of sulfonamides is 1. The van der Waals surface area contributed by atoms with Gasteiger partial charge in [0.25, 0.3) is 0 Å². The minimum atomic E-state index is -3.63. The summed E-state index contributed by atoms with van der Waals surface area (Å²) in [5.74, 6) is 0.723. The van der Waals surface area contributed by atoms with Gasteiger partial charge in [0, 0.05) is 11.8 Å². The van der Waals surface area contributed by atoms with Gasteiger partial charge in [0.05, 0.1) is 17.1 Å². The molecule has 0 aliphatic carbocycles. The summed E-state index contributed by atoms with van der Waals surface area (Å²) in [6, 6.07) is 14.7. The van der Waals surface area contributed by atoms with Crippen LogP contribution in [-0.2, 0) is 16.6 Å². The summed E-state index contributed by atoms with van der Waals surface area (Å²) in [7, 11) is -3.63. The molecule has 0 bridgehead atoms. The van der Waals surface area contributed by atoms with E-state index in [0.29, 0.717) is 23.3 Å². The molecule has 0 spiro atoms. The first kappa shape index (κ1) is 16.1. The third-order valence-corrected chi connectivity index (χ3v) is 4.78. The van der Waals surface area contributed by atoms with Crippen molar-refractivity contribution in [2.24, 2.45) is 0 Å². The van der Waals surface area contributed by atoms with Crippen LogP contribution in [0.1, 0.15) is 16.2 Å². The Kier molecular flexibility index (Phi) is 4.54. The number of aromatic nitrogens is 1. The van der Waals surface area contributed by atoms with Crippen molar-refractivity contribution in [1.29, 1.82) is 0 Å². The average Bonchev–Trinajstić information content (AvgIpc) is 3.10. The number of benzene rings is 1. The number of furan rings is 1. The number of hydrogen-bond acceptors (Lipinski definition) is 5. The van der Waals surface area contributed by atoms with E-state index in [-0.39, 0.29) is 17.2 Å². The van der Waals surface area contributed by atoms with Crippen molar-refractivity contribution in [2.75, 3.05) is 0 Å². The van der Waals surface area contributed by atoms with Crippen LogP contribution >= 0.6 is 0 Å². The van der Waals surface area contributed by atoms with Gasteiger partial charge in [0.15, 0.2) is 12.0 Å². The van der Waals surface area contributed by atoms with Gasteiger partial charge in [-0.3, -0.25) is 9.78 Å². The highest BCUT2D eigenvalue weighted by molar-refractivity contribution is 7.89. The van der Waals surface area contributed by atoms with Crippen LogP contribution in [0.3, 0.4) is 0 Å². The van der Waals surface area contributed by atoms with Gasteiger partial charge in [-0.15, -0.1) is 0 Å². The molecule has 3 rings (SSSR count). The van der Waals surface area contributed by atoms with E-state index in [2.05, 4.69) is 9.71 Å². The molecule has 0 saturated heterocycles. The van der Waals surface area contributed by atoms with Crippen molar-refractivity contribution in [3.63, 3.8) is 0 Å². The van der Waals surface area contributed by atoms with Gasteiger partial charge in [0.2, 0.25) is 10.0 Å². The number of carbonyl (C=O) groups is 1. The lowest BCUT2D eigenvalue weighted by molar-refractivity contribution is 0.110. The quantitative estimate of drug-likeness (QED) is 0.696. The van der Waals surface area contributed by atoms with Crippen molar-refractivity contribution in [2.45, 2.75) is 11.4 Å². The summed E-state index contributed by atoms with van der Waals surface area (Å²) in [6.45, 7) is 0.117. The second kappa shape index (κ2) is 6.77. The second-order valence-electron chi connectivity index (χ2n) is 4.99. The van der Waals surface area contributed by atoms with E-state index in [0.717, 1.165) is 0 Å². The average molecular weight is 342 g/mol. The zero-order valence-corrected chi connectivity index (χ0v) is 13.4. The van der Waals surface area contributed by atoms with E-state index in [4.69, 9.17) is 4.42 Å². The molecule has 2 aromatic heterocycles. The number of pyridine rings is 1. The summed E-state index contributed by atoms with van der Waals surface area (Å²) >= 11 is 0. The van der Waals surface area contributed by atoms with Crippen LogP contribution in [0.4, 0.5) is 0 Å². The van der Waals surface area contributed by atoms with Gasteiger partial charge < -0.3 is 4.42 Å². The van der Waals surface area contributed by atoms with Crippen LogP contribution in [-0.4, -0.2) is 19.7 Å². The molecular formula is C17H14N2O4S. The van der Waals surface area contributed by atoms with E-state index >= 15 is 0 Å². The zero-order chi connectivity index (χ0) is 17.0. The number of nitrogens with one attached hydrogen (secondary N) is 1. The summed E-state index contributed by atoms with van der Waals surface area (Å²) in [5, 5.41) is 0. The van der Waals surface area contributed by atoms with Crippen molar-refractivity contribution < 1.29 is 17.6 Å². The Morgan fingerprint density at radius 2 is 1.83 bits per heavy atom. The highest BCUT2D eigenvalue weighted by atomic mass is 32.2. The van der Waals surface area contributed by atoms with E-state index < -0.39 is 10.0 Å². The molecular weight excluding hydrogens is 328 g/mol. The molecule has 1 N–H and O–H groups in total. The fraction of sp³-hybridized carbons (Fsp3) is 0.0588. The first-order chi connectivity index (χ1) is 11.6. The molecule has 122 valence electrons. The van der Waals surface area contributed by atoms with Crippen LogP contribution in [0.25, 0.3) is 11.3 Å². The Hall–Kier alpha value is -2.77. The molecule has 2 heterocycles. The summed E-state index contributed by atoms with van der Waals surface area (Å²) in [5.41, 5.74) is 1.32. The monoisotopic (exact) mass is 342 g/mol. The fourth-order valence-corrected chi connectivity index (χ4v) is 3.12. The van der Waals surface area contributed by atoms with E-state index in [1.165, 1.54) is 12.1 Å². The molecule has 0 amide bonds. The summed E-state index contributed by atoms with van der Waals surface area (Å²) in [4.78, 5) is 14.9. The lowest BCUT2D eigenvalue weighted by Gasteiger charge is -2.07. The number of hydrogen-bond donors (Lipinski definition) is 1. The van der Waals surface area contributed by atoms with Gasteiger partial charge in [-0.25, -0.2) is 13.1 Å². The minimum absolute atomic E-state index is 0.117. The normalized spacial score (nSPS) is 11.3. The third-order valence-electron chi connectivity index (χ3n) is 3.36. The van der Waals surface area contributed by atoms with E-state index in [1.807, 2.05) is 0 Å². The Labute approximate surface area is 139 Å². The highest BCUT2D eigenvalue weighted by Gasteiger charge is 2.14. The molecule has 0 aliphatic rings. The summed E-state index contributed by atoms with van der Waals surface area (Å²) in [6.07, 6.45) is 2.22. The minimum Gasteiger partial charge on any atom is -0.453 e. The molecule has 0 fully saturated rings. The van der Waals surface area contributed by atoms with Crippen molar-refractivity contribution in [1.82, 2.24) is 9.71 Å². The van der Waals surface area contributed by atoms with Crippen LogP contribution in [0.15, 0.2) is 70.1 Å². The fourth-order valence-electron chi connectivity index (χ4n) is 2.12. The molecule has 24 heavy (non-hydrogen) atoms. The first-order valence-electron chi connectivity index (χ1n) is 7.13. The first-order valence-corrected chi connectivity index (χ1v) is 8.62. The Morgan fingerprint density at radius 1 is 1.04 bits per heavy atom. The zero-order valence-electron chi connectivity index (χ0n) is 12.5. The predicted molar refractivity (Wildman–Crippen MR) is 87.8 cm³/mol. The third kappa shape index (κ3) is 3.58. The number of aldehydes is 1. The van der Waals surface area contributed by atoms with Crippen molar-refractivity contribution in [3.05, 3.63) is 72.2 Å². The van der Waals surface area contributed by atoms with Crippen molar-refractivity contribution in [3.8, 4) is 11.3 Å². The molecule has 0 aliphatic heterocycles. The van der Waals surface area contributed by atoms with Crippen LogP contribution in [0.2, 0.25) is 0 Å². The molecule has 7 heteroatoms. The van der Waals surface area contributed by atoms with Crippen LogP contribution in [0.5, 0.6) is 0 Å². The van der Waals surface area contributed by atoms with Gasteiger partial charge in [-0.2, -0.15) is 0 Å². The van der Waals surface area contributed by atoms with Gasteiger partial charge in [0.1, 0.15) is 5.76 Å². The van der Waals surface area contributed by atoms with Crippen LogP contribution in [0, 0.1) is 0 Å². The SMILES string of the molecule is O=Cc1ccc(-c2ccc(S(=O)(=O)NCc3ccccn3)cc2)o1. The Bertz CT molecular complexity index is 932. The topological polar surface area (TPSA) is 89.3 Å². The molecule has 0 atom stereocenters. The lowest BCUT2D eigenvalue weighted by atomic mass is 10.2. The number of rotatable bonds is 6. The largest absolute Gasteiger partial charge is 0.453 e.